The molecule has 3 aromatic rings. The minimum absolute atomic E-state index is 0.408. The average molecular weight is 401 g/mol. The largest absolute Gasteiger partial charge is 0.374 e. The zero-order valence-electron chi connectivity index (χ0n) is 15.4. The van der Waals surface area contributed by atoms with Crippen molar-refractivity contribution in [2.24, 2.45) is 0 Å². The molecular weight excluding hydrogens is 380 g/mol. The maximum Gasteiger partial charge on any atom is 0.171 e. The fourth-order valence-corrected chi connectivity index (χ4v) is 3.45. The Kier molecular flexibility index (Phi) is 5.54. The number of anilines is 1. The molecule has 1 atom stereocenters. The van der Waals surface area contributed by atoms with Crippen LogP contribution in [0.1, 0.15) is 17.4 Å². The first-order chi connectivity index (χ1) is 13.6. The van der Waals surface area contributed by atoms with Crippen molar-refractivity contribution in [3.63, 3.8) is 0 Å². The monoisotopic (exact) mass is 400 g/mol. The molecule has 1 aliphatic rings. The van der Waals surface area contributed by atoms with Crippen molar-refractivity contribution in [3.05, 3.63) is 65.1 Å². The summed E-state index contributed by atoms with van der Waals surface area (Å²) in [5.41, 5.74) is 2.55. The first kappa shape index (κ1) is 18.8. The fourth-order valence-electron chi connectivity index (χ4n) is 3.24. The lowest BCUT2D eigenvalue weighted by atomic mass is 10.1. The van der Waals surface area contributed by atoms with Gasteiger partial charge in [-0.25, -0.2) is 10.0 Å². The van der Waals surface area contributed by atoms with Crippen molar-refractivity contribution in [3.8, 4) is 5.69 Å². The van der Waals surface area contributed by atoms with Crippen LogP contribution >= 0.6 is 11.6 Å². The Morgan fingerprint density at radius 3 is 2.71 bits per heavy atom. The Labute approximate surface area is 167 Å². The quantitative estimate of drug-likeness (QED) is 0.720. The number of aliphatic hydroxyl groups is 1. The van der Waals surface area contributed by atoms with Crippen molar-refractivity contribution in [2.45, 2.75) is 13.2 Å². The first-order valence-corrected chi connectivity index (χ1v) is 9.41. The minimum atomic E-state index is -0.816. The van der Waals surface area contributed by atoms with Gasteiger partial charge >= 0.3 is 0 Å². The van der Waals surface area contributed by atoms with Crippen molar-refractivity contribution >= 4 is 17.4 Å². The predicted molar refractivity (Wildman–Crippen MR) is 105 cm³/mol. The number of halogens is 1. The van der Waals surface area contributed by atoms with Crippen LogP contribution < -0.4 is 5.06 Å². The van der Waals surface area contributed by atoms with Gasteiger partial charge in [0, 0.05) is 24.8 Å². The normalized spacial score (nSPS) is 16.8. The Bertz CT molecular complexity index is 936. The second-order valence-electron chi connectivity index (χ2n) is 6.53. The third kappa shape index (κ3) is 3.85. The van der Waals surface area contributed by atoms with Gasteiger partial charge in [0.2, 0.25) is 0 Å². The molecule has 1 aromatic carbocycles. The molecule has 28 heavy (non-hydrogen) atoms. The van der Waals surface area contributed by atoms with Crippen molar-refractivity contribution in [2.75, 3.05) is 31.3 Å². The lowest BCUT2D eigenvalue weighted by Crippen LogP contribution is -2.34. The van der Waals surface area contributed by atoms with Crippen LogP contribution in [0.4, 0.5) is 5.82 Å². The van der Waals surface area contributed by atoms with Gasteiger partial charge in [0.1, 0.15) is 6.23 Å². The van der Waals surface area contributed by atoms with E-state index in [2.05, 4.69) is 15.2 Å². The standard InChI is InChI=1S/C19H21ClN6O2/c1-14-4-5-17(26-22-7-8-23-26)15(13-14)19(27)24-9-10-25(28-12-11-24)18-16(20)3-2-6-21-18/h2-8,13,19,27H,9-12H2,1H3. The molecule has 2 aromatic heterocycles. The molecule has 0 aliphatic carbocycles. The maximum absolute atomic E-state index is 11.1. The Balaban J connectivity index is 1.56. The van der Waals surface area contributed by atoms with Crippen LogP contribution in [0.2, 0.25) is 5.02 Å². The highest BCUT2D eigenvalue weighted by Crippen LogP contribution is 2.28. The van der Waals surface area contributed by atoms with Crippen molar-refractivity contribution in [1.29, 1.82) is 0 Å². The van der Waals surface area contributed by atoms with E-state index >= 15 is 0 Å². The third-order valence-corrected chi connectivity index (χ3v) is 4.93. The zero-order chi connectivity index (χ0) is 19.5. The summed E-state index contributed by atoms with van der Waals surface area (Å²) < 4.78 is 0. The number of nitrogens with zero attached hydrogens (tertiary/aromatic N) is 6. The molecular formula is C19H21ClN6O2. The number of aliphatic hydroxyl groups excluding tert-OH is 1. The van der Waals surface area contributed by atoms with Crippen LogP contribution in [0.15, 0.2) is 48.9 Å². The van der Waals surface area contributed by atoms with E-state index in [0.29, 0.717) is 37.1 Å². The zero-order valence-corrected chi connectivity index (χ0v) is 16.2. The highest BCUT2D eigenvalue weighted by atomic mass is 35.5. The molecule has 1 saturated heterocycles. The number of aromatic nitrogens is 4. The van der Waals surface area contributed by atoms with Crippen LogP contribution in [0, 0.1) is 6.92 Å². The molecule has 0 bridgehead atoms. The molecule has 1 unspecified atom stereocenters. The van der Waals surface area contributed by atoms with E-state index in [-0.39, 0.29) is 0 Å². The van der Waals surface area contributed by atoms with Gasteiger partial charge in [-0.15, -0.1) is 0 Å². The summed E-state index contributed by atoms with van der Waals surface area (Å²) in [6.07, 6.45) is 4.09. The second-order valence-corrected chi connectivity index (χ2v) is 6.94. The van der Waals surface area contributed by atoms with Crippen LogP contribution in [0.5, 0.6) is 0 Å². The molecule has 0 saturated carbocycles. The smallest absolute Gasteiger partial charge is 0.171 e. The van der Waals surface area contributed by atoms with Gasteiger partial charge in [-0.2, -0.15) is 15.0 Å². The van der Waals surface area contributed by atoms with E-state index in [1.54, 1.807) is 35.8 Å². The predicted octanol–water partition coefficient (Wildman–Crippen LogP) is 2.37. The number of pyridine rings is 1. The Hall–Kier alpha value is -2.52. The molecule has 146 valence electrons. The van der Waals surface area contributed by atoms with Gasteiger partial charge in [0.05, 0.1) is 36.3 Å². The molecule has 0 spiro atoms. The van der Waals surface area contributed by atoms with E-state index in [0.717, 1.165) is 16.8 Å². The van der Waals surface area contributed by atoms with Gasteiger partial charge in [0.25, 0.3) is 0 Å². The summed E-state index contributed by atoms with van der Waals surface area (Å²) in [4.78, 5) is 13.6. The summed E-state index contributed by atoms with van der Waals surface area (Å²) >= 11 is 6.24. The van der Waals surface area contributed by atoms with Gasteiger partial charge in [0.15, 0.2) is 5.82 Å². The topological polar surface area (TPSA) is 79.5 Å². The van der Waals surface area contributed by atoms with E-state index in [1.807, 2.05) is 30.0 Å². The van der Waals surface area contributed by atoms with Crippen LogP contribution in [-0.2, 0) is 4.84 Å². The summed E-state index contributed by atoms with van der Waals surface area (Å²) in [6.45, 7) is 4.06. The molecule has 8 nitrogen and oxygen atoms in total. The van der Waals surface area contributed by atoms with Crippen molar-refractivity contribution in [1.82, 2.24) is 24.9 Å². The highest BCUT2D eigenvalue weighted by Gasteiger charge is 2.26. The number of hydrogen-bond donors (Lipinski definition) is 1. The van der Waals surface area contributed by atoms with Crippen LogP contribution in [-0.4, -0.2) is 56.2 Å². The van der Waals surface area contributed by atoms with E-state index in [1.165, 1.54) is 4.80 Å². The Morgan fingerprint density at radius 2 is 1.93 bits per heavy atom. The summed E-state index contributed by atoms with van der Waals surface area (Å²) in [7, 11) is 0. The maximum atomic E-state index is 11.1. The van der Waals surface area contributed by atoms with Gasteiger partial charge in [-0.1, -0.05) is 23.2 Å². The first-order valence-electron chi connectivity index (χ1n) is 9.04. The lowest BCUT2D eigenvalue weighted by molar-refractivity contribution is 0.000693. The van der Waals surface area contributed by atoms with E-state index < -0.39 is 6.23 Å². The highest BCUT2D eigenvalue weighted by molar-refractivity contribution is 6.32. The molecule has 0 radical (unpaired) electrons. The molecule has 1 fully saturated rings. The molecule has 1 aliphatic heterocycles. The number of hydroxylamine groups is 1. The summed E-state index contributed by atoms with van der Waals surface area (Å²) in [6, 6.07) is 9.42. The fraction of sp³-hybridized carbons (Fsp3) is 0.316. The molecule has 0 amide bonds. The van der Waals surface area contributed by atoms with Crippen LogP contribution in [0.3, 0.4) is 0 Å². The van der Waals surface area contributed by atoms with Crippen LogP contribution in [0.25, 0.3) is 5.69 Å². The van der Waals surface area contributed by atoms with Gasteiger partial charge in [-0.05, 0) is 31.2 Å². The number of hydrogen-bond acceptors (Lipinski definition) is 7. The van der Waals surface area contributed by atoms with Crippen molar-refractivity contribution < 1.29 is 9.94 Å². The van der Waals surface area contributed by atoms with Gasteiger partial charge in [-0.3, -0.25) is 9.74 Å². The van der Waals surface area contributed by atoms with E-state index in [4.69, 9.17) is 16.4 Å². The molecule has 1 N–H and O–H groups in total. The second kappa shape index (κ2) is 8.24. The third-order valence-electron chi connectivity index (χ3n) is 4.63. The molecule has 3 heterocycles. The molecule has 9 heteroatoms. The van der Waals surface area contributed by atoms with E-state index in [9.17, 15) is 5.11 Å². The number of benzene rings is 1. The number of aryl methyl sites for hydroxylation is 1. The summed E-state index contributed by atoms with van der Waals surface area (Å²) in [5.74, 6) is 0.581. The summed E-state index contributed by atoms with van der Waals surface area (Å²) in [5, 5.41) is 21.7. The lowest BCUT2D eigenvalue weighted by Gasteiger charge is -2.27. The number of rotatable bonds is 4. The average Bonchev–Trinajstić information content (AvgIpc) is 3.12. The SMILES string of the molecule is Cc1ccc(-n2nccn2)c(C(O)N2CCON(c3ncccc3Cl)CC2)c1. The Morgan fingerprint density at radius 1 is 1.11 bits per heavy atom. The minimum Gasteiger partial charge on any atom is -0.374 e. The van der Waals surface area contributed by atoms with Gasteiger partial charge < -0.3 is 5.11 Å². The molecule has 4 rings (SSSR count).